The van der Waals surface area contributed by atoms with E-state index in [1.54, 1.807) is 7.11 Å². The first kappa shape index (κ1) is 18.7. The Hall–Kier alpha value is -3.07. The Morgan fingerprint density at radius 2 is 1.37 bits per heavy atom. The van der Waals surface area contributed by atoms with E-state index in [1.165, 1.54) is 0 Å². The molecular formula is C24H25NO2. The zero-order valence-corrected chi connectivity index (χ0v) is 15.8. The van der Waals surface area contributed by atoms with Crippen molar-refractivity contribution in [1.29, 1.82) is 0 Å². The lowest BCUT2D eigenvalue weighted by Crippen LogP contribution is -2.28. The first-order valence-electron chi connectivity index (χ1n) is 9.21. The molecule has 1 atom stereocenters. The lowest BCUT2D eigenvalue weighted by molar-refractivity contribution is -0.121. The van der Waals surface area contributed by atoms with E-state index >= 15 is 0 Å². The number of hydrogen-bond donors (Lipinski definition) is 1. The predicted octanol–water partition coefficient (Wildman–Crippen LogP) is 5.09. The first-order valence-corrected chi connectivity index (χ1v) is 9.21. The number of rotatable bonds is 7. The molecule has 27 heavy (non-hydrogen) atoms. The molecule has 0 aromatic heterocycles. The summed E-state index contributed by atoms with van der Waals surface area (Å²) in [5.41, 5.74) is 3.26. The summed E-state index contributed by atoms with van der Waals surface area (Å²) in [6, 6.07) is 28.0. The van der Waals surface area contributed by atoms with Crippen LogP contribution in [0.25, 0.3) is 0 Å². The largest absolute Gasteiger partial charge is 0.496 e. The van der Waals surface area contributed by atoms with Crippen LogP contribution in [0.3, 0.4) is 0 Å². The number of nitrogens with one attached hydrogen (secondary N) is 1. The fourth-order valence-corrected chi connectivity index (χ4v) is 3.39. The summed E-state index contributed by atoms with van der Waals surface area (Å²) < 4.78 is 5.42. The van der Waals surface area contributed by atoms with Crippen molar-refractivity contribution in [3.8, 4) is 5.75 Å². The van der Waals surface area contributed by atoms with Crippen molar-refractivity contribution in [3.05, 3.63) is 102 Å². The normalized spacial score (nSPS) is 11.8. The number of ether oxygens (including phenoxy) is 1. The Morgan fingerprint density at radius 1 is 0.852 bits per heavy atom. The molecule has 1 amide bonds. The lowest BCUT2D eigenvalue weighted by Gasteiger charge is -2.21. The summed E-state index contributed by atoms with van der Waals surface area (Å²) in [6.07, 6.45) is 0.396. The van der Waals surface area contributed by atoms with Crippen molar-refractivity contribution in [2.75, 3.05) is 7.11 Å². The molecule has 0 aliphatic carbocycles. The molecule has 0 aliphatic rings. The molecule has 0 fully saturated rings. The van der Waals surface area contributed by atoms with E-state index < -0.39 is 0 Å². The van der Waals surface area contributed by atoms with Gasteiger partial charge < -0.3 is 10.1 Å². The Kier molecular flexibility index (Phi) is 6.26. The standard InChI is InChI=1S/C24H25NO2/c1-18(21-15-9-10-16-23(21)27-2)25-24(26)17-22(19-11-5-3-6-12-19)20-13-7-4-8-14-20/h3-16,18,22H,17H2,1-2H3,(H,25,26). The monoisotopic (exact) mass is 359 g/mol. The second-order valence-electron chi connectivity index (χ2n) is 6.61. The molecule has 0 heterocycles. The van der Waals surface area contributed by atoms with Crippen molar-refractivity contribution >= 4 is 5.91 Å². The highest BCUT2D eigenvalue weighted by Crippen LogP contribution is 2.29. The molecule has 0 spiro atoms. The SMILES string of the molecule is COc1ccccc1C(C)NC(=O)CC(c1ccccc1)c1ccccc1. The van der Waals surface area contributed by atoms with Gasteiger partial charge in [0.15, 0.2) is 0 Å². The van der Waals surface area contributed by atoms with Crippen molar-refractivity contribution in [3.63, 3.8) is 0 Å². The van der Waals surface area contributed by atoms with Gasteiger partial charge in [-0.1, -0.05) is 78.9 Å². The van der Waals surface area contributed by atoms with Gasteiger partial charge in [-0.2, -0.15) is 0 Å². The third-order valence-corrected chi connectivity index (χ3v) is 4.78. The van der Waals surface area contributed by atoms with Crippen LogP contribution in [-0.2, 0) is 4.79 Å². The van der Waals surface area contributed by atoms with Gasteiger partial charge in [-0.3, -0.25) is 4.79 Å². The zero-order chi connectivity index (χ0) is 19.1. The maximum Gasteiger partial charge on any atom is 0.221 e. The summed E-state index contributed by atoms with van der Waals surface area (Å²) in [5.74, 6) is 0.830. The lowest BCUT2D eigenvalue weighted by atomic mass is 9.88. The number of para-hydroxylation sites is 1. The van der Waals surface area contributed by atoms with E-state index in [0.29, 0.717) is 6.42 Å². The summed E-state index contributed by atoms with van der Waals surface area (Å²) in [4.78, 5) is 12.8. The van der Waals surface area contributed by atoms with Crippen LogP contribution in [0, 0.1) is 0 Å². The number of benzene rings is 3. The molecule has 1 unspecified atom stereocenters. The topological polar surface area (TPSA) is 38.3 Å². The van der Waals surface area contributed by atoms with Gasteiger partial charge in [0.1, 0.15) is 5.75 Å². The average Bonchev–Trinajstić information content (AvgIpc) is 2.73. The van der Waals surface area contributed by atoms with Crippen LogP contribution in [0.5, 0.6) is 5.75 Å². The summed E-state index contributed by atoms with van der Waals surface area (Å²) >= 11 is 0. The summed E-state index contributed by atoms with van der Waals surface area (Å²) in [7, 11) is 1.65. The van der Waals surface area contributed by atoms with E-state index in [1.807, 2.05) is 67.6 Å². The van der Waals surface area contributed by atoms with Crippen LogP contribution < -0.4 is 10.1 Å². The fourth-order valence-electron chi connectivity index (χ4n) is 3.39. The predicted molar refractivity (Wildman–Crippen MR) is 109 cm³/mol. The van der Waals surface area contributed by atoms with E-state index in [2.05, 4.69) is 29.6 Å². The Morgan fingerprint density at radius 3 is 1.93 bits per heavy atom. The van der Waals surface area contributed by atoms with Crippen molar-refractivity contribution in [2.24, 2.45) is 0 Å². The molecule has 138 valence electrons. The molecule has 0 saturated carbocycles. The van der Waals surface area contributed by atoms with E-state index in [4.69, 9.17) is 4.74 Å². The first-order chi connectivity index (χ1) is 13.2. The number of hydrogen-bond acceptors (Lipinski definition) is 2. The van der Waals surface area contributed by atoms with Gasteiger partial charge in [-0.15, -0.1) is 0 Å². The van der Waals surface area contributed by atoms with Crippen LogP contribution in [0.1, 0.15) is 42.0 Å². The van der Waals surface area contributed by atoms with Gasteiger partial charge in [0.2, 0.25) is 5.91 Å². The maximum atomic E-state index is 12.8. The highest BCUT2D eigenvalue weighted by Gasteiger charge is 2.20. The number of methoxy groups -OCH3 is 1. The van der Waals surface area contributed by atoms with Gasteiger partial charge in [-0.05, 0) is 24.1 Å². The molecule has 3 aromatic carbocycles. The van der Waals surface area contributed by atoms with Crippen LogP contribution in [-0.4, -0.2) is 13.0 Å². The van der Waals surface area contributed by atoms with E-state index in [9.17, 15) is 4.79 Å². The number of carbonyl (C=O) groups is 1. The van der Waals surface area contributed by atoms with E-state index in [-0.39, 0.29) is 17.9 Å². The van der Waals surface area contributed by atoms with Crippen LogP contribution >= 0.6 is 0 Å². The van der Waals surface area contributed by atoms with Gasteiger partial charge >= 0.3 is 0 Å². The molecule has 0 aliphatic heterocycles. The Labute approximate surface area is 161 Å². The molecule has 0 bridgehead atoms. The molecule has 3 heteroatoms. The van der Waals surface area contributed by atoms with Gasteiger partial charge in [0.25, 0.3) is 0 Å². The second kappa shape index (κ2) is 9.04. The minimum Gasteiger partial charge on any atom is -0.496 e. The second-order valence-corrected chi connectivity index (χ2v) is 6.61. The highest BCUT2D eigenvalue weighted by atomic mass is 16.5. The molecule has 1 N–H and O–H groups in total. The van der Waals surface area contributed by atoms with Crippen LogP contribution in [0.2, 0.25) is 0 Å². The Balaban J connectivity index is 1.77. The Bertz CT molecular complexity index is 822. The number of amides is 1. The minimum atomic E-state index is -0.124. The summed E-state index contributed by atoms with van der Waals surface area (Å²) in [6.45, 7) is 1.98. The van der Waals surface area contributed by atoms with Gasteiger partial charge in [-0.25, -0.2) is 0 Å². The molecule has 0 radical (unpaired) electrons. The van der Waals surface area contributed by atoms with Crippen molar-refractivity contribution < 1.29 is 9.53 Å². The molecule has 0 saturated heterocycles. The van der Waals surface area contributed by atoms with Gasteiger partial charge in [0, 0.05) is 17.9 Å². The smallest absolute Gasteiger partial charge is 0.221 e. The minimum absolute atomic E-state index is 0.0195. The third-order valence-electron chi connectivity index (χ3n) is 4.78. The molecule has 3 nitrogen and oxygen atoms in total. The molecular weight excluding hydrogens is 334 g/mol. The van der Waals surface area contributed by atoms with Crippen molar-refractivity contribution in [2.45, 2.75) is 25.3 Å². The van der Waals surface area contributed by atoms with Crippen LogP contribution in [0.4, 0.5) is 0 Å². The maximum absolute atomic E-state index is 12.8. The fraction of sp³-hybridized carbons (Fsp3) is 0.208. The van der Waals surface area contributed by atoms with E-state index in [0.717, 1.165) is 22.4 Å². The molecule has 3 rings (SSSR count). The summed E-state index contributed by atoms with van der Waals surface area (Å²) in [5, 5.41) is 3.12. The quantitative estimate of drug-likeness (QED) is 0.638. The highest BCUT2D eigenvalue weighted by molar-refractivity contribution is 5.78. The zero-order valence-electron chi connectivity index (χ0n) is 15.8. The third kappa shape index (κ3) is 4.76. The number of carbonyl (C=O) groups excluding carboxylic acids is 1. The average molecular weight is 359 g/mol. The molecule has 3 aromatic rings. The van der Waals surface area contributed by atoms with Crippen molar-refractivity contribution in [1.82, 2.24) is 5.32 Å². The van der Waals surface area contributed by atoms with Crippen LogP contribution in [0.15, 0.2) is 84.9 Å². The van der Waals surface area contributed by atoms with Gasteiger partial charge in [0.05, 0.1) is 13.2 Å².